The number of nitrogens with one attached hydrogen (secondary N) is 1. The van der Waals surface area contributed by atoms with Gasteiger partial charge in [0, 0.05) is 10.2 Å². The molecular formula is C19H22BrN. The summed E-state index contributed by atoms with van der Waals surface area (Å²) in [5, 5.41) is 3.78. The second kappa shape index (κ2) is 7.13. The monoisotopic (exact) mass is 343 g/mol. The second-order valence-corrected chi connectivity index (χ2v) is 6.86. The van der Waals surface area contributed by atoms with E-state index in [9.17, 15) is 0 Å². The van der Waals surface area contributed by atoms with E-state index in [1.54, 1.807) is 0 Å². The van der Waals surface area contributed by atoms with Gasteiger partial charge >= 0.3 is 0 Å². The van der Waals surface area contributed by atoms with Crippen molar-refractivity contribution in [3.63, 3.8) is 0 Å². The summed E-state index contributed by atoms with van der Waals surface area (Å²) in [6, 6.07) is 19.8. The molecule has 2 aromatic carbocycles. The summed E-state index contributed by atoms with van der Waals surface area (Å²) >= 11 is 3.56. The molecule has 0 aliphatic heterocycles. The fraction of sp³-hybridized carbons (Fsp3) is 0.368. The number of hydrogen-bond acceptors (Lipinski definition) is 1. The van der Waals surface area contributed by atoms with Gasteiger partial charge < -0.3 is 5.32 Å². The molecule has 0 bridgehead atoms. The lowest BCUT2D eigenvalue weighted by molar-refractivity contribution is 0.321. The van der Waals surface area contributed by atoms with Crippen molar-refractivity contribution < 1.29 is 0 Å². The van der Waals surface area contributed by atoms with Crippen LogP contribution in [0.5, 0.6) is 0 Å². The summed E-state index contributed by atoms with van der Waals surface area (Å²) in [4.78, 5) is 0. The van der Waals surface area contributed by atoms with Gasteiger partial charge in [0.05, 0.1) is 6.04 Å². The summed E-state index contributed by atoms with van der Waals surface area (Å²) in [7, 11) is 0. The van der Waals surface area contributed by atoms with Gasteiger partial charge in [-0.15, -0.1) is 0 Å². The van der Waals surface area contributed by atoms with E-state index in [0.29, 0.717) is 6.04 Å². The van der Waals surface area contributed by atoms with Crippen LogP contribution in [0.1, 0.15) is 43.7 Å². The summed E-state index contributed by atoms with van der Waals surface area (Å²) in [5.41, 5.74) is 2.60. The Morgan fingerprint density at radius 1 is 0.905 bits per heavy atom. The Hall–Kier alpha value is -1.28. The number of hydrogen-bond donors (Lipinski definition) is 1. The maximum atomic E-state index is 3.78. The van der Waals surface area contributed by atoms with E-state index in [4.69, 9.17) is 0 Å². The van der Waals surface area contributed by atoms with Crippen molar-refractivity contribution in [3.8, 4) is 0 Å². The number of rotatable bonds is 4. The summed E-state index contributed by atoms with van der Waals surface area (Å²) in [6.07, 6.45) is 6.80. The smallest absolute Gasteiger partial charge is 0.0542 e. The van der Waals surface area contributed by atoms with Crippen LogP contribution in [-0.2, 0) is 0 Å². The van der Waals surface area contributed by atoms with E-state index in [0.717, 1.165) is 10.4 Å². The van der Waals surface area contributed by atoms with E-state index < -0.39 is 0 Å². The molecule has 0 radical (unpaired) electrons. The molecule has 0 heterocycles. The SMILES string of the molecule is Brc1cccc(NC(c2ccccc2)C2CCCCC2)c1. The highest BCUT2D eigenvalue weighted by Gasteiger charge is 2.24. The van der Waals surface area contributed by atoms with Gasteiger partial charge in [-0.3, -0.25) is 0 Å². The largest absolute Gasteiger partial charge is 0.378 e. The molecule has 1 saturated carbocycles. The molecule has 0 saturated heterocycles. The fourth-order valence-electron chi connectivity index (χ4n) is 3.36. The van der Waals surface area contributed by atoms with Gasteiger partial charge in [-0.2, -0.15) is 0 Å². The minimum atomic E-state index is 0.417. The Kier molecular flexibility index (Phi) is 4.97. The van der Waals surface area contributed by atoms with Crippen LogP contribution in [0.15, 0.2) is 59.1 Å². The van der Waals surface area contributed by atoms with Crippen LogP contribution in [0.3, 0.4) is 0 Å². The van der Waals surface area contributed by atoms with Crippen LogP contribution in [0.2, 0.25) is 0 Å². The zero-order valence-corrected chi connectivity index (χ0v) is 13.9. The average molecular weight is 344 g/mol. The first-order valence-electron chi connectivity index (χ1n) is 7.90. The Labute approximate surface area is 135 Å². The zero-order valence-electron chi connectivity index (χ0n) is 12.3. The lowest BCUT2D eigenvalue weighted by Gasteiger charge is -2.32. The molecule has 2 heteroatoms. The van der Waals surface area contributed by atoms with Crippen molar-refractivity contribution >= 4 is 21.6 Å². The highest BCUT2D eigenvalue weighted by atomic mass is 79.9. The molecule has 1 fully saturated rings. The van der Waals surface area contributed by atoms with E-state index in [-0.39, 0.29) is 0 Å². The first kappa shape index (κ1) is 14.6. The average Bonchev–Trinajstić information content (AvgIpc) is 2.54. The van der Waals surface area contributed by atoms with Gasteiger partial charge in [0.1, 0.15) is 0 Å². The van der Waals surface area contributed by atoms with Gasteiger partial charge in [0.25, 0.3) is 0 Å². The van der Waals surface area contributed by atoms with Gasteiger partial charge in [0.2, 0.25) is 0 Å². The van der Waals surface area contributed by atoms with Crippen molar-refractivity contribution in [2.24, 2.45) is 5.92 Å². The minimum Gasteiger partial charge on any atom is -0.378 e. The first-order chi connectivity index (χ1) is 10.3. The lowest BCUT2D eigenvalue weighted by atomic mass is 9.81. The van der Waals surface area contributed by atoms with Gasteiger partial charge in [0.15, 0.2) is 0 Å². The Balaban J connectivity index is 1.85. The van der Waals surface area contributed by atoms with Crippen molar-refractivity contribution in [3.05, 3.63) is 64.6 Å². The van der Waals surface area contributed by atoms with E-state index in [2.05, 4.69) is 75.8 Å². The molecule has 3 rings (SSSR count). The summed E-state index contributed by atoms with van der Waals surface area (Å²) in [6.45, 7) is 0. The lowest BCUT2D eigenvalue weighted by Crippen LogP contribution is -2.23. The third-order valence-corrected chi connectivity index (χ3v) is 4.92. The first-order valence-corrected chi connectivity index (χ1v) is 8.69. The highest BCUT2D eigenvalue weighted by Crippen LogP contribution is 2.36. The standard InChI is InChI=1S/C19H22BrN/c20-17-12-7-13-18(14-17)21-19(15-8-3-1-4-9-15)16-10-5-2-6-11-16/h1,3-4,7-9,12-14,16,19,21H,2,5-6,10-11H2. The van der Waals surface area contributed by atoms with Crippen LogP contribution < -0.4 is 5.32 Å². The van der Waals surface area contributed by atoms with Crippen LogP contribution in [0.4, 0.5) is 5.69 Å². The Morgan fingerprint density at radius 2 is 1.67 bits per heavy atom. The summed E-state index contributed by atoms with van der Waals surface area (Å²) in [5.74, 6) is 0.736. The maximum Gasteiger partial charge on any atom is 0.0542 e. The van der Waals surface area contributed by atoms with Crippen molar-refractivity contribution in [2.75, 3.05) is 5.32 Å². The molecular weight excluding hydrogens is 322 g/mol. The van der Waals surface area contributed by atoms with Crippen molar-refractivity contribution in [1.82, 2.24) is 0 Å². The molecule has 1 aliphatic rings. The third kappa shape index (κ3) is 3.88. The quantitative estimate of drug-likeness (QED) is 0.698. The molecule has 1 aliphatic carbocycles. The van der Waals surface area contributed by atoms with Gasteiger partial charge in [-0.25, -0.2) is 0 Å². The Morgan fingerprint density at radius 3 is 2.38 bits per heavy atom. The third-order valence-electron chi connectivity index (χ3n) is 4.43. The maximum absolute atomic E-state index is 3.78. The molecule has 1 unspecified atom stereocenters. The van der Waals surface area contributed by atoms with Crippen LogP contribution in [0.25, 0.3) is 0 Å². The normalized spacial score (nSPS) is 17.4. The molecule has 0 aromatic heterocycles. The van der Waals surface area contributed by atoms with E-state index in [1.165, 1.54) is 43.4 Å². The molecule has 2 aromatic rings. The zero-order chi connectivity index (χ0) is 14.5. The second-order valence-electron chi connectivity index (χ2n) is 5.94. The van der Waals surface area contributed by atoms with E-state index in [1.807, 2.05) is 0 Å². The number of anilines is 1. The molecule has 110 valence electrons. The molecule has 1 nitrogen and oxygen atoms in total. The predicted molar refractivity (Wildman–Crippen MR) is 93.5 cm³/mol. The topological polar surface area (TPSA) is 12.0 Å². The summed E-state index contributed by atoms with van der Waals surface area (Å²) < 4.78 is 1.13. The Bertz CT molecular complexity index is 561. The van der Waals surface area contributed by atoms with Crippen molar-refractivity contribution in [1.29, 1.82) is 0 Å². The molecule has 0 amide bonds. The van der Waals surface area contributed by atoms with Gasteiger partial charge in [-0.1, -0.05) is 71.6 Å². The van der Waals surface area contributed by atoms with E-state index >= 15 is 0 Å². The number of benzene rings is 2. The minimum absolute atomic E-state index is 0.417. The van der Waals surface area contributed by atoms with Crippen LogP contribution in [-0.4, -0.2) is 0 Å². The molecule has 1 atom stereocenters. The fourth-order valence-corrected chi connectivity index (χ4v) is 3.76. The van der Waals surface area contributed by atoms with Gasteiger partial charge in [-0.05, 0) is 42.5 Å². The number of halogens is 1. The predicted octanol–water partition coefficient (Wildman–Crippen LogP) is 6.18. The molecule has 21 heavy (non-hydrogen) atoms. The van der Waals surface area contributed by atoms with Crippen LogP contribution in [0, 0.1) is 5.92 Å². The molecule has 0 spiro atoms. The van der Waals surface area contributed by atoms with Crippen molar-refractivity contribution in [2.45, 2.75) is 38.1 Å². The van der Waals surface area contributed by atoms with Crippen LogP contribution >= 0.6 is 15.9 Å². The highest BCUT2D eigenvalue weighted by molar-refractivity contribution is 9.10. The molecule has 1 N–H and O–H groups in total.